The molecule has 1 fully saturated rings. The maximum Gasteiger partial charge on any atom is 0.309 e. The summed E-state index contributed by atoms with van der Waals surface area (Å²) >= 11 is 0. The smallest absolute Gasteiger partial charge is 0.309 e. The second-order valence-corrected chi connectivity index (χ2v) is 5.71. The summed E-state index contributed by atoms with van der Waals surface area (Å²) in [6.07, 6.45) is 6.97. The predicted octanol–water partition coefficient (Wildman–Crippen LogP) is 2.75. The normalized spacial score (nSPS) is 17.5. The van der Waals surface area contributed by atoms with Crippen molar-refractivity contribution in [1.29, 1.82) is 0 Å². The maximum absolute atomic E-state index is 10.9. The van der Waals surface area contributed by atoms with E-state index in [4.69, 9.17) is 5.11 Å². The second kappa shape index (κ2) is 5.67. The van der Waals surface area contributed by atoms with Crippen molar-refractivity contribution >= 4 is 5.97 Å². The average Bonchev–Trinajstić information content (AvgIpc) is 2.09. The fourth-order valence-corrected chi connectivity index (χ4v) is 2.05. The summed E-state index contributed by atoms with van der Waals surface area (Å²) in [4.78, 5) is 13.3. The number of carboxylic acid groups (broad SMARTS) is 1. The van der Waals surface area contributed by atoms with Crippen LogP contribution >= 0.6 is 0 Å². The molecule has 0 amide bonds. The molecule has 0 aromatic carbocycles. The van der Waals surface area contributed by atoms with Gasteiger partial charge in [0, 0.05) is 6.04 Å². The van der Waals surface area contributed by atoms with E-state index < -0.39 is 11.4 Å². The Morgan fingerprint density at radius 1 is 1.38 bits per heavy atom. The Hall–Kier alpha value is -0.570. The minimum Gasteiger partial charge on any atom is -0.481 e. The summed E-state index contributed by atoms with van der Waals surface area (Å²) in [5.74, 6) is -0.681. The van der Waals surface area contributed by atoms with E-state index in [1.807, 2.05) is 13.8 Å². The van der Waals surface area contributed by atoms with E-state index in [0.29, 0.717) is 0 Å². The molecule has 1 rings (SSSR count). The molecule has 0 radical (unpaired) electrons. The number of hydrogen-bond donors (Lipinski definition) is 1. The number of carboxylic acids is 1. The predicted molar refractivity (Wildman–Crippen MR) is 65.5 cm³/mol. The van der Waals surface area contributed by atoms with Crippen LogP contribution in [0.2, 0.25) is 0 Å². The summed E-state index contributed by atoms with van der Waals surface area (Å²) in [6, 6.07) is 0.799. The third-order valence-electron chi connectivity index (χ3n) is 3.84. The van der Waals surface area contributed by atoms with Gasteiger partial charge < -0.3 is 10.0 Å². The second-order valence-electron chi connectivity index (χ2n) is 5.71. The highest BCUT2D eigenvalue weighted by Gasteiger charge is 2.26. The lowest BCUT2D eigenvalue weighted by Gasteiger charge is -2.34. The van der Waals surface area contributed by atoms with Crippen LogP contribution in [0.15, 0.2) is 0 Å². The van der Waals surface area contributed by atoms with Gasteiger partial charge in [0.05, 0.1) is 5.41 Å². The zero-order chi connectivity index (χ0) is 12.2. The lowest BCUT2D eigenvalue weighted by atomic mass is 9.87. The molecule has 16 heavy (non-hydrogen) atoms. The van der Waals surface area contributed by atoms with Crippen molar-refractivity contribution in [2.45, 2.75) is 58.4 Å². The Morgan fingerprint density at radius 2 is 2.00 bits per heavy atom. The molecule has 1 saturated carbocycles. The molecule has 0 unspecified atom stereocenters. The fourth-order valence-electron chi connectivity index (χ4n) is 2.05. The van der Waals surface area contributed by atoms with E-state index in [1.54, 1.807) is 0 Å². The van der Waals surface area contributed by atoms with Gasteiger partial charge in [0.2, 0.25) is 0 Å². The first-order valence-electron chi connectivity index (χ1n) is 6.37. The van der Waals surface area contributed by atoms with Gasteiger partial charge in [0.25, 0.3) is 0 Å². The van der Waals surface area contributed by atoms with Crippen molar-refractivity contribution in [3.63, 3.8) is 0 Å². The van der Waals surface area contributed by atoms with Crippen LogP contribution in [-0.2, 0) is 4.79 Å². The zero-order valence-electron chi connectivity index (χ0n) is 10.8. The number of carbonyl (C=O) groups is 1. The van der Waals surface area contributed by atoms with Gasteiger partial charge in [0.1, 0.15) is 0 Å². The molecule has 0 saturated heterocycles. The van der Waals surface area contributed by atoms with Gasteiger partial charge in [-0.1, -0.05) is 12.8 Å². The van der Waals surface area contributed by atoms with Gasteiger partial charge in [-0.05, 0) is 53.1 Å². The van der Waals surface area contributed by atoms with Gasteiger partial charge in [-0.2, -0.15) is 0 Å². The molecule has 1 aliphatic rings. The van der Waals surface area contributed by atoms with Crippen LogP contribution in [0.5, 0.6) is 0 Å². The molecule has 94 valence electrons. The highest BCUT2D eigenvalue weighted by molar-refractivity contribution is 5.73. The lowest BCUT2D eigenvalue weighted by molar-refractivity contribution is -0.147. The number of rotatable bonds is 7. The summed E-state index contributed by atoms with van der Waals surface area (Å²) < 4.78 is 0. The summed E-state index contributed by atoms with van der Waals surface area (Å²) in [5, 5.41) is 8.97. The first-order chi connectivity index (χ1) is 7.43. The first kappa shape index (κ1) is 13.5. The third kappa shape index (κ3) is 3.78. The summed E-state index contributed by atoms with van der Waals surface area (Å²) in [6.45, 7) is 4.73. The van der Waals surface area contributed by atoms with Crippen LogP contribution in [0.4, 0.5) is 0 Å². The molecule has 0 aromatic rings. The molecule has 0 atom stereocenters. The maximum atomic E-state index is 10.9. The SMILES string of the molecule is CN(CCCCC(C)(C)C(=O)O)C1CCC1. The van der Waals surface area contributed by atoms with Gasteiger partial charge in [0.15, 0.2) is 0 Å². The van der Waals surface area contributed by atoms with Crippen molar-refractivity contribution in [2.24, 2.45) is 5.41 Å². The minimum atomic E-state index is -0.681. The Labute approximate surface area is 98.8 Å². The molecule has 0 heterocycles. The van der Waals surface area contributed by atoms with E-state index in [1.165, 1.54) is 19.3 Å². The van der Waals surface area contributed by atoms with Crippen LogP contribution in [0, 0.1) is 5.41 Å². The van der Waals surface area contributed by atoms with Gasteiger partial charge >= 0.3 is 5.97 Å². The highest BCUT2D eigenvalue weighted by Crippen LogP contribution is 2.25. The molecule has 1 aliphatic carbocycles. The van der Waals surface area contributed by atoms with Crippen LogP contribution in [0.1, 0.15) is 52.4 Å². The monoisotopic (exact) mass is 227 g/mol. The first-order valence-corrected chi connectivity index (χ1v) is 6.37. The number of unbranched alkanes of at least 4 members (excludes halogenated alkanes) is 1. The molecule has 0 aromatic heterocycles. The minimum absolute atomic E-state index is 0.560. The highest BCUT2D eigenvalue weighted by atomic mass is 16.4. The van der Waals surface area contributed by atoms with Crippen LogP contribution in [0.3, 0.4) is 0 Å². The molecular weight excluding hydrogens is 202 g/mol. The fraction of sp³-hybridized carbons (Fsp3) is 0.923. The molecule has 3 heteroatoms. The van der Waals surface area contributed by atoms with Crippen LogP contribution in [0.25, 0.3) is 0 Å². The Balaban J connectivity index is 2.09. The zero-order valence-corrected chi connectivity index (χ0v) is 10.8. The van der Waals surface area contributed by atoms with Crippen molar-refractivity contribution in [1.82, 2.24) is 4.90 Å². The van der Waals surface area contributed by atoms with E-state index in [-0.39, 0.29) is 0 Å². The van der Waals surface area contributed by atoms with Gasteiger partial charge in [-0.3, -0.25) is 4.79 Å². The average molecular weight is 227 g/mol. The topological polar surface area (TPSA) is 40.5 Å². The van der Waals surface area contributed by atoms with Gasteiger partial charge in [-0.25, -0.2) is 0 Å². The lowest BCUT2D eigenvalue weighted by Crippen LogP contribution is -2.37. The molecule has 0 aliphatic heterocycles. The molecule has 0 bridgehead atoms. The number of hydrogen-bond acceptors (Lipinski definition) is 2. The quantitative estimate of drug-likeness (QED) is 0.680. The molecule has 1 N–H and O–H groups in total. The van der Waals surface area contributed by atoms with Crippen molar-refractivity contribution in [2.75, 3.05) is 13.6 Å². The third-order valence-corrected chi connectivity index (χ3v) is 3.84. The summed E-state index contributed by atoms with van der Waals surface area (Å²) in [5.41, 5.74) is -0.560. The van der Waals surface area contributed by atoms with Crippen molar-refractivity contribution in [3.8, 4) is 0 Å². The van der Waals surface area contributed by atoms with Gasteiger partial charge in [-0.15, -0.1) is 0 Å². The van der Waals surface area contributed by atoms with E-state index >= 15 is 0 Å². The Morgan fingerprint density at radius 3 is 2.44 bits per heavy atom. The number of nitrogens with zero attached hydrogens (tertiary/aromatic N) is 1. The standard InChI is InChI=1S/C13H25NO2/c1-13(2,12(15)16)9-4-5-10-14(3)11-7-6-8-11/h11H,4-10H2,1-3H3,(H,15,16). The molecular formula is C13H25NO2. The van der Waals surface area contributed by atoms with E-state index in [9.17, 15) is 4.79 Å². The molecule has 3 nitrogen and oxygen atoms in total. The largest absolute Gasteiger partial charge is 0.481 e. The van der Waals surface area contributed by atoms with Crippen LogP contribution < -0.4 is 0 Å². The number of aliphatic carboxylic acids is 1. The van der Waals surface area contributed by atoms with Crippen molar-refractivity contribution in [3.05, 3.63) is 0 Å². The Kier molecular flexibility index (Phi) is 4.78. The summed E-state index contributed by atoms with van der Waals surface area (Å²) in [7, 11) is 2.19. The van der Waals surface area contributed by atoms with Crippen molar-refractivity contribution < 1.29 is 9.90 Å². The van der Waals surface area contributed by atoms with E-state index in [0.717, 1.165) is 31.8 Å². The Bertz CT molecular complexity index is 234. The van der Waals surface area contributed by atoms with E-state index in [2.05, 4.69) is 11.9 Å². The van der Waals surface area contributed by atoms with Crippen LogP contribution in [-0.4, -0.2) is 35.6 Å². The molecule has 0 spiro atoms.